The molecule has 0 spiro atoms. The zero-order valence-electron chi connectivity index (χ0n) is 12.7. The summed E-state index contributed by atoms with van der Waals surface area (Å²) in [5.41, 5.74) is 0.910. The van der Waals surface area contributed by atoms with Gasteiger partial charge in [0.25, 0.3) is 0 Å². The van der Waals surface area contributed by atoms with E-state index in [1.54, 1.807) is 6.20 Å². The van der Waals surface area contributed by atoms with Gasteiger partial charge in [0.15, 0.2) is 0 Å². The van der Waals surface area contributed by atoms with Crippen LogP contribution in [-0.4, -0.2) is 59.0 Å². The van der Waals surface area contributed by atoms with Crippen molar-refractivity contribution in [2.45, 2.75) is 31.8 Å². The van der Waals surface area contributed by atoms with Gasteiger partial charge >= 0.3 is 0 Å². The summed E-state index contributed by atoms with van der Waals surface area (Å²) in [5.74, 6) is 0.279. The van der Waals surface area contributed by atoms with E-state index in [-0.39, 0.29) is 11.4 Å². The molecule has 0 saturated carbocycles. The summed E-state index contributed by atoms with van der Waals surface area (Å²) in [7, 11) is 0. The Balaban J connectivity index is 1.52. The van der Waals surface area contributed by atoms with Crippen molar-refractivity contribution < 1.29 is 4.79 Å². The standard InChI is InChI=1S/C16H24N4O/c1-16(5-3-7-18-16)15(21)20-10-8-19(9-11-20)13-14-4-2-6-17-12-14/h2,4,6,12,18H,3,5,7-11,13H2,1H3/t16-/m1/s1. The van der Waals surface area contributed by atoms with Crippen LogP contribution < -0.4 is 5.32 Å². The first-order chi connectivity index (χ1) is 10.2. The van der Waals surface area contributed by atoms with Crippen LogP contribution in [0.5, 0.6) is 0 Å². The molecule has 3 heterocycles. The van der Waals surface area contributed by atoms with Crippen LogP contribution in [0.25, 0.3) is 0 Å². The van der Waals surface area contributed by atoms with Gasteiger partial charge < -0.3 is 10.2 Å². The van der Waals surface area contributed by atoms with Crippen LogP contribution in [0.1, 0.15) is 25.3 Å². The smallest absolute Gasteiger partial charge is 0.242 e. The van der Waals surface area contributed by atoms with E-state index >= 15 is 0 Å². The highest BCUT2D eigenvalue weighted by Crippen LogP contribution is 2.22. The highest BCUT2D eigenvalue weighted by molar-refractivity contribution is 5.86. The molecule has 1 N–H and O–H groups in total. The molecule has 0 aromatic carbocycles. The molecular formula is C16H24N4O. The Bertz CT molecular complexity index is 476. The monoisotopic (exact) mass is 288 g/mol. The molecule has 1 atom stereocenters. The van der Waals surface area contributed by atoms with Gasteiger partial charge in [0.2, 0.25) is 5.91 Å². The first kappa shape index (κ1) is 14.5. The Morgan fingerprint density at radius 3 is 2.81 bits per heavy atom. The van der Waals surface area contributed by atoms with Gasteiger partial charge in [-0.25, -0.2) is 0 Å². The second-order valence-corrected chi connectivity index (χ2v) is 6.29. The molecule has 5 heteroatoms. The lowest BCUT2D eigenvalue weighted by Gasteiger charge is -2.38. The van der Waals surface area contributed by atoms with E-state index in [0.717, 1.165) is 52.1 Å². The topological polar surface area (TPSA) is 48.5 Å². The number of hydrogen-bond donors (Lipinski definition) is 1. The quantitative estimate of drug-likeness (QED) is 0.896. The zero-order chi connectivity index (χ0) is 14.7. The number of rotatable bonds is 3. The van der Waals surface area contributed by atoms with Crippen molar-refractivity contribution in [3.8, 4) is 0 Å². The van der Waals surface area contributed by atoms with Crippen molar-refractivity contribution in [2.24, 2.45) is 0 Å². The van der Waals surface area contributed by atoms with Gasteiger partial charge in [-0.2, -0.15) is 0 Å². The van der Waals surface area contributed by atoms with E-state index < -0.39 is 0 Å². The SMILES string of the molecule is C[C@]1(C(=O)N2CCN(Cc3cccnc3)CC2)CCCN1. The number of hydrogen-bond acceptors (Lipinski definition) is 4. The summed E-state index contributed by atoms with van der Waals surface area (Å²) < 4.78 is 0. The summed E-state index contributed by atoms with van der Waals surface area (Å²) in [4.78, 5) is 21.2. The van der Waals surface area contributed by atoms with Crippen LogP contribution in [0.15, 0.2) is 24.5 Å². The second-order valence-electron chi connectivity index (χ2n) is 6.29. The lowest BCUT2D eigenvalue weighted by molar-refractivity contribution is -0.139. The first-order valence-corrected chi connectivity index (χ1v) is 7.83. The minimum Gasteiger partial charge on any atom is -0.339 e. The maximum atomic E-state index is 12.6. The van der Waals surface area contributed by atoms with E-state index in [1.807, 2.05) is 24.1 Å². The summed E-state index contributed by atoms with van der Waals surface area (Å²) in [6.45, 7) is 7.47. The Kier molecular flexibility index (Phi) is 4.22. The van der Waals surface area contributed by atoms with Gasteiger partial charge in [0.05, 0.1) is 5.54 Å². The molecule has 5 nitrogen and oxygen atoms in total. The lowest BCUT2D eigenvalue weighted by atomic mass is 9.98. The third-order valence-corrected chi connectivity index (χ3v) is 4.63. The Labute approximate surface area is 126 Å². The van der Waals surface area contributed by atoms with Gasteiger partial charge in [0.1, 0.15) is 0 Å². The van der Waals surface area contributed by atoms with E-state index in [0.29, 0.717) is 0 Å². The first-order valence-electron chi connectivity index (χ1n) is 7.83. The van der Waals surface area contributed by atoms with Crippen LogP contribution in [-0.2, 0) is 11.3 Å². The van der Waals surface area contributed by atoms with E-state index in [4.69, 9.17) is 0 Å². The Hall–Kier alpha value is -1.46. The molecule has 1 amide bonds. The molecule has 0 aliphatic carbocycles. The lowest BCUT2D eigenvalue weighted by Crippen LogP contribution is -2.57. The van der Waals surface area contributed by atoms with Crippen molar-refractivity contribution in [3.05, 3.63) is 30.1 Å². The van der Waals surface area contributed by atoms with E-state index in [2.05, 4.69) is 21.3 Å². The number of carbonyl (C=O) groups is 1. The van der Waals surface area contributed by atoms with Crippen LogP contribution in [0.3, 0.4) is 0 Å². The minimum absolute atomic E-state index is 0.279. The summed E-state index contributed by atoms with van der Waals surface area (Å²) in [5, 5.41) is 3.37. The number of carbonyl (C=O) groups excluding carboxylic acids is 1. The van der Waals surface area contributed by atoms with Crippen molar-refractivity contribution in [3.63, 3.8) is 0 Å². The Morgan fingerprint density at radius 1 is 1.38 bits per heavy atom. The van der Waals surface area contributed by atoms with Crippen molar-refractivity contribution in [1.82, 2.24) is 20.1 Å². The average Bonchev–Trinajstić information content (AvgIpc) is 2.96. The molecule has 3 rings (SSSR count). The maximum absolute atomic E-state index is 12.6. The molecule has 2 aliphatic rings. The number of pyridine rings is 1. The molecule has 114 valence electrons. The normalized spacial score (nSPS) is 27.0. The fourth-order valence-electron chi connectivity index (χ4n) is 3.29. The third kappa shape index (κ3) is 3.24. The maximum Gasteiger partial charge on any atom is 0.242 e. The molecule has 21 heavy (non-hydrogen) atoms. The van der Waals surface area contributed by atoms with Gasteiger partial charge in [-0.1, -0.05) is 6.07 Å². The number of aromatic nitrogens is 1. The summed E-state index contributed by atoms with van der Waals surface area (Å²) in [6.07, 6.45) is 5.78. The number of amides is 1. The van der Waals surface area contributed by atoms with Crippen molar-refractivity contribution in [1.29, 1.82) is 0 Å². The zero-order valence-corrected chi connectivity index (χ0v) is 12.7. The molecule has 0 radical (unpaired) electrons. The Morgan fingerprint density at radius 2 is 2.19 bits per heavy atom. The van der Waals surface area contributed by atoms with E-state index in [1.165, 1.54) is 5.56 Å². The fourth-order valence-corrected chi connectivity index (χ4v) is 3.29. The molecule has 1 aromatic heterocycles. The molecule has 2 fully saturated rings. The largest absolute Gasteiger partial charge is 0.339 e. The van der Waals surface area contributed by atoms with Crippen LogP contribution in [0, 0.1) is 0 Å². The van der Waals surface area contributed by atoms with E-state index in [9.17, 15) is 4.79 Å². The summed E-state index contributed by atoms with van der Waals surface area (Å²) >= 11 is 0. The predicted octanol–water partition coefficient (Wildman–Crippen LogP) is 0.868. The summed E-state index contributed by atoms with van der Waals surface area (Å²) in [6, 6.07) is 4.08. The molecule has 2 saturated heterocycles. The van der Waals surface area contributed by atoms with Crippen LogP contribution in [0.4, 0.5) is 0 Å². The van der Waals surface area contributed by atoms with Gasteiger partial charge in [-0.3, -0.25) is 14.7 Å². The average molecular weight is 288 g/mol. The fraction of sp³-hybridized carbons (Fsp3) is 0.625. The van der Waals surface area contributed by atoms with Crippen molar-refractivity contribution >= 4 is 5.91 Å². The van der Waals surface area contributed by atoms with Crippen LogP contribution >= 0.6 is 0 Å². The highest BCUT2D eigenvalue weighted by Gasteiger charge is 2.39. The predicted molar refractivity (Wildman–Crippen MR) is 81.7 cm³/mol. The number of nitrogens with zero attached hydrogens (tertiary/aromatic N) is 3. The minimum atomic E-state index is -0.328. The number of nitrogens with one attached hydrogen (secondary N) is 1. The van der Waals surface area contributed by atoms with Gasteiger partial charge in [-0.05, 0) is 37.9 Å². The molecule has 1 aromatic rings. The molecule has 0 unspecified atom stereocenters. The van der Waals surface area contributed by atoms with Gasteiger partial charge in [-0.15, -0.1) is 0 Å². The molecule has 0 bridgehead atoms. The van der Waals surface area contributed by atoms with Gasteiger partial charge in [0, 0.05) is 45.1 Å². The highest BCUT2D eigenvalue weighted by atomic mass is 16.2. The van der Waals surface area contributed by atoms with Crippen LogP contribution in [0.2, 0.25) is 0 Å². The van der Waals surface area contributed by atoms with Crippen molar-refractivity contribution in [2.75, 3.05) is 32.7 Å². The third-order valence-electron chi connectivity index (χ3n) is 4.63. The second kappa shape index (κ2) is 6.12. The molecule has 2 aliphatic heterocycles. The molecular weight excluding hydrogens is 264 g/mol. The number of piperazine rings is 1.